The summed E-state index contributed by atoms with van der Waals surface area (Å²) in [6.45, 7) is 5.92. The Kier molecular flexibility index (Phi) is 15.4. The molecule has 0 fully saturated rings. The van der Waals surface area contributed by atoms with Gasteiger partial charge in [0, 0.05) is 19.9 Å². The third-order valence-corrected chi connectivity index (χ3v) is 4.68. The van der Waals surface area contributed by atoms with Gasteiger partial charge in [-0.05, 0) is 25.2 Å². The van der Waals surface area contributed by atoms with Crippen LogP contribution >= 0.6 is 0 Å². The Morgan fingerprint density at radius 3 is 2.11 bits per heavy atom. The zero-order chi connectivity index (χ0) is 21.4. The molecule has 3 amide bonds. The van der Waals surface area contributed by atoms with Gasteiger partial charge in [-0.25, -0.2) is 0 Å². The fourth-order valence-corrected chi connectivity index (χ4v) is 2.98. The average molecular weight is 400 g/mol. The standard InChI is InChI=1S/C21H41N3O4/c1-5-6-7-8-9-10-11-20(27)24-18(14-16(2)3)21(28)23-17(15-25)12-13-19(26)22-4/h16-18,25H,5-15H2,1-4H3,(H,22,26)(H,23,28)(H,24,27)/t17-,18-/m0/s1. The highest BCUT2D eigenvalue weighted by molar-refractivity contribution is 5.87. The fraction of sp³-hybridized carbons (Fsp3) is 0.857. The van der Waals surface area contributed by atoms with Crippen molar-refractivity contribution in [3.05, 3.63) is 0 Å². The lowest BCUT2D eigenvalue weighted by Gasteiger charge is -2.23. The Labute approximate surface area is 170 Å². The molecule has 2 atom stereocenters. The highest BCUT2D eigenvalue weighted by atomic mass is 16.3. The van der Waals surface area contributed by atoms with Gasteiger partial charge in [0.05, 0.1) is 12.6 Å². The number of rotatable bonds is 16. The minimum Gasteiger partial charge on any atom is -0.394 e. The van der Waals surface area contributed by atoms with Crippen molar-refractivity contribution in [1.82, 2.24) is 16.0 Å². The summed E-state index contributed by atoms with van der Waals surface area (Å²) in [7, 11) is 1.55. The lowest BCUT2D eigenvalue weighted by molar-refractivity contribution is -0.130. The molecule has 0 aromatic heterocycles. The van der Waals surface area contributed by atoms with Crippen molar-refractivity contribution < 1.29 is 19.5 Å². The molecular formula is C21H41N3O4. The normalized spacial score (nSPS) is 13.1. The Balaban J connectivity index is 4.50. The van der Waals surface area contributed by atoms with Gasteiger partial charge in [0.25, 0.3) is 0 Å². The molecule has 0 aliphatic carbocycles. The van der Waals surface area contributed by atoms with E-state index in [1.165, 1.54) is 19.3 Å². The Morgan fingerprint density at radius 2 is 1.54 bits per heavy atom. The van der Waals surface area contributed by atoms with Gasteiger partial charge >= 0.3 is 0 Å². The maximum atomic E-state index is 12.6. The van der Waals surface area contributed by atoms with E-state index in [1.807, 2.05) is 13.8 Å². The van der Waals surface area contributed by atoms with Gasteiger partial charge in [0.2, 0.25) is 17.7 Å². The topological polar surface area (TPSA) is 108 Å². The van der Waals surface area contributed by atoms with Crippen LogP contribution in [-0.2, 0) is 14.4 Å². The zero-order valence-corrected chi connectivity index (χ0v) is 18.2. The molecule has 7 nitrogen and oxygen atoms in total. The van der Waals surface area contributed by atoms with Crippen LogP contribution in [0.1, 0.15) is 85.0 Å². The van der Waals surface area contributed by atoms with E-state index < -0.39 is 12.1 Å². The zero-order valence-electron chi connectivity index (χ0n) is 18.2. The summed E-state index contributed by atoms with van der Waals surface area (Å²) < 4.78 is 0. The van der Waals surface area contributed by atoms with E-state index in [2.05, 4.69) is 22.9 Å². The largest absolute Gasteiger partial charge is 0.394 e. The molecule has 0 aliphatic rings. The molecule has 7 heteroatoms. The highest BCUT2D eigenvalue weighted by Crippen LogP contribution is 2.09. The molecule has 0 unspecified atom stereocenters. The van der Waals surface area contributed by atoms with Crippen LogP contribution in [0.15, 0.2) is 0 Å². The van der Waals surface area contributed by atoms with Crippen molar-refractivity contribution in [2.75, 3.05) is 13.7 Å². The molecule has 0 aromatic carbocycles. The van der Waals surface area contributed by atoms with Gasteiger partial charge in [0.15, 0.2) is 0 Å². The fourth-order valence-electron chi connectivity index (χ4n) is 2.98. The molecule has 0 aromatic rings. The van der Waals surface area contributed by atoms with Crippen molar-refractivity contribution in [2.45, 2.75) is 97.1 Å². The van der Waals surface area contributed by atoms with E-state index in [4.69, 9.17) is 0 Å². The number of amides is 3. The first kappa shape index (κ1) is 26.4. The van der Waals surface area contributed by atoms with Gasteiger partial charge in [-0.15, -0.1) is 0 Å². The maximum Gasteiger partial charge on any atom is 0.242 e. The highest BCUT2D eigenvalue weighted by Gasteiger charge is 2.24. The van der Waals surface area contributed by atoms with Crippen LogP contribution in [0.3, 0.4) is 0 Å². The summed E-state index contributed by atoms with van der Waals surface area (Å²) in [5, 5.41) is 17.6. The molecule has 28 heavy (non-hydrogen) atoms. The van der Waals surface area contributed by atoms with Crippen LogP contribution < -0.4 is 16.0 Å². The number of nitrogens with one attached hydrogen (secondary N) is 3. The van der Waals surface area contributed by atoms with Crippen LogP contribution in [0.2, 0.25) is 0 Å². The molecule has 4 N–H and O–H groups in total. The second-order valence-electron chi connectivity index (χ2n) is 7.87. The first-order valence-electron chi connectivity index (χ1n) is 10.7. The number of aliphatic hydroxyl groups is 1. The van der Waals surface area contributed by atoms with Gasteiger partial charge in [0.1, 0.15) is 6.04 Å². The summed E-state index contributed by atoms with van der Waals surface area (Å²) in [4.78, 5) is 36.2. The van der Waals surface area contributed by atoms with Gasteiger partial charge in [-0.1, -0.05) is 52.9 Å². The number of carbonyl (C=O) groups is 3. The minimum absolute atomic E-state index is 0.109. The molecule has 0 rings (SSSR count). The van der Waals surface area contributed by atoms with Crippen molar-refractivity contribution in [1.29, 1.82) is 0 Å². The predicted molar refractivity (Wildman–Crippen MR) is 112 cm³/mol. The second-order valence-corrected chi connectivity index (χ2v) is 7.87. The molecule has 0 saturated heterocycles. The van der Waals surface area contributed by atoms with Crippen LogP contribution in [-0.4, -0.2) is 48.6 Å². The maximum absolute atomic E-state index is 12.6. The van der Waals surface area contributed by atoms with E-state index >= 15 is 0 Å². The summed E-state index contributed by atoms with van der Waals surface area (Å²) in [5.41, 5.74) is 0. The van der Waals surface area contributed by atoms with Crippen LogP contribution in [0, 0.1) is 5.92 Å². The molecule has 0 bridgehead atoms. The second kappa shape index (κ2) is 16.3. The molecule has 0 radical (unpaired) electrons. The average Bonchev–Trinajstić information content (AvgIpc) is 2.66. The lowest BCUT2D eigenvalue weighted by Crippen LogP contribution is -2.51. The van der Waals surface area contributed by atoms with Crippen LogP contribution in [0.25, 0.3) is 0 Å². The summed E-state index contributed by atoms with van der Waals surface area (Å²) in [5.74, 6) is -0.314. The number of aliphatic hydroxyl groups excluding tert-OH is 1. The lowest BCUT2D eigenvalue weighted by atomic mass is 10.0. The van der Waals surface area contributed by atoms with E-state index in [-0.39, 0.29) is 36.7 Å². The van der Waals surface area contributed by atoms with E-state index in [9.17, 15) is 19.5 Å². The number of hydrogen-bond acceptors (Lipinski definition) is 4. The summed E-state index contributed by atoms with van der Waals surface area (Å²) in [6.07, 6.45) is 8.16. The quantitative estimate of drug-likeness (QED) is 0.299. The minimum atomic E-state index is -0.623. The molecular weight excluding hydrogens is 358 g/mol. The van der Waals surface area contributed by atoms with Crippen molar-refractivity contribution >= 4 is 17.7 Å². The van der Waals surface area contributed by atoms with E-state index in [1.54, 1.807) is 7.05 Å². The van der Waals surface area contributed by atoms with Crippen molar-refractivity contribution in [3.8, 4) is 0 Å². The van der Waals surface area contributed by atoms with Crippen molar-refractivity contribution in [3.63, 3.8) is 0 Å². The third kappa shape index (κ3) is 13.5. The molecule has 0 spiro atoms. The number of unbranched alkanes of at least 4 members (excludes halogenated alkanes) is 5. The van der Waals surface area contributed by atoms with Gasteiger partial charge in [-0.3, -0.25) is 14.4 Å². The first-order valence-corrected chi connectivity index (χ1v) is 10.7. The van der Waals surface area contributed by atoms with Gasteiger partial charge < -0.3 is 21.1 Å². The Morgan fingerprint density at radius 1 is 0.893 bits per heavy atom. The summed E-state index contributed by atoms with van der Waals surface area (Å²) >= 11 is 0. The number of carbonyl (C=O) groups excluding carboxylic acids is 3. The first-order chi connectivity index (χ1) is 13.3. The Hall–Kier alpha value is -1.63. The third-order valence-electron chi connectivity index (χ3n) is 4.68. The Bertz CT molecular complexity index is 455. The van der Waals surface area contributed by atoms with Crippen LogP contribution in [0.4, 0.5) is 0 Å². The summed E-state index contributed by atoms with van der Waals surface area (Å²) in [6, 6.07) is -1.13. The molecule has 164 valence electrons. The smallest absolute Gasteiger partial charge is 0.242 e. The predicted octanol–water partition coefficient (Wildman–Crippen LogP) is 2.27. The molecule has 0 aliphatic heterocycles. The van der Waals surface area contributed by atoms with Crippen molar-refractivity contribution in [2.24, 2.45) is 5.92 Å². The SMILES string of the molecule is CCCCCCCCC(=O)N[C@@H](CC(C)C)C(=O)N[C@H](CO)CCC(=O)NC. The monoisotopic (exact) mass is 399 g/mol. The van der Waals surface area contributed by atoms with E-state index in [0.29, 0.717) is 19.3 Å². The molecule has 0 saturated carbocycles. The van der Waals surface area contributed by atoms with Gasteiger partial charge in [-0.2, -0.15) is 0 Å². The molecule has 0 heterocycles. The van der Waals surface area contributed by atoms with E-state index in [0.717, 1.165) is 19.3 Å². The van der Waals surface area contributed by atoms with Crippen LogP contribution in [0.5, 0.6) is 0 Å². The number of hydrogen-bond donors (Lipinski definition) is 4.